The van der Waals surface area contributed by atoms with Crippen LogP contribution in [-0.4, -0.2) is 56.6 Å². The van der Waals surface area contributed by atoms with Crippen molar-refractivity contribution in [3.63, 3.8) is 0 Å². The van der Waals surface area contributed by atoms with Crippen LogP contribution in [0.25, 0.3) is 0 Å². The summed E-state index contributed by atoms with van der Waals surface area (Å²) >= 11 is 6.25. The zero-order chi connectivity index (χ0) is 25.3. The Balaban J connectivity index is 2.37. The van der Waals surface area contributed by atoms with Crippen LogP contribution in [0.4, 0.5) is 5.69 Å². The normalized spacial score (nSPS) is 13.1. The van der Waals surface area contributed by atoms with E-state index in [1.165, 1.54) is 4.90 Å². The molecule has 0 aromatic heterocycles. The summed E-state index contributed by atoms with van der Waals surface area (Å²) in [6.45, 7) is 5.53. The predicted octanol–water partition coefficient (Wildman–Crippen LogP) is 3.87. The Labute approximate surface area is 208 Å². The number of amides is 2. The molecule has 2 rings (SSSR count). The summed E-state index contributed by atoms with van der Waals surface area (Å²) in [6, 6.07) is 15.4. The molecule has 0 aliphatic carbocycles. The minimum absolute atomic E-state index is 0.0386. The monoisotopic (exact) mass is 507 g/mol. The molecule has 0 saturated carbocycles. The molecule has 0 fully saturated rings. The fourth-order valence-electron chi connectivity index (χ4n) is 3.59. The van der Waals surface area contributed by atoms with Crippen molar-refractivity contribution in [2.24, 2.45) is 0 Å². The smallest absolute Gasteiger partial charge is 0.244 e. The van der Waals surface area contributed by atoms with E-state index >= 15 is 0 Å². The number of benzene rings is 2. The molecule has 1 N–H and O–H groups in total. The molecule has 9 heteroatoms. The van der Waals surface area contributed by atoms with E-state index in [9.17, 15) is 18.0 Å². The number of hydrogen-bond acceptors (Lipinski definition) is 4. The lowest BCUT2D eigenvalue weighted by atomic mass is 10.1. The maximum atomic E-state index is 13.6. The third-order valence-corrected chi connectivity index (χ3v) is 7.12. The Morgan fingerprint density at radius 3 is 2.18 bits per heavy atom. The highest BCUT2D eigenvalue weighted by atomic mass is 35.5. The Hall–Kier alpha value is -2.58. The van der Waals surface area contributed by atoms with E-state index in [0.717, 1.165) is 22.5 Å². The van der Waals surface area contributed by atoms with E-state index in [4.69, 9.17) is 11.6 Å². The van der Waals surface area contributed by atoms with E-state index in [1.54, 1.807) is 24.3 Å². The number of rotatable bonds is 12. The second kappa shape index (κ2) is 12.8. The van der Waals surface area contributed by atoms with Crippen molar-refractivity contribution < 1.29 is 18.0 Å². The van der Waals surface area contributed by atoms with Gasteiger partial charge in [-0.2, -0.15) is 0 Å². The minimum atomic E-state index is -3.81. The number of nitrogens with zero attached hydrogens (tertiary/aromatic N) is 2. The van der Waals surface area contributed by atoms with Crippen LogP contribution in [0.2, 0.25) is 5.02 Å². The van der Waals surface area contributed by atoms with E-state index in [0.29, 0.717) is 12.8 Å². The minimum Gasteiger partial charge on any atom is -0.352 e. The molecule has 0 radical (unpaired) electrons. The Morgan fingerprint density at radius 2 is 1.62 bits per heavy atom. The van der Waals surface area contributed by atoms with Crippen LogP contribution in [0.5, 0.6) is 0 Å². The summed E-state index contributed by atoms with van der Waals surface area (Å²) in [5, 5.41) is 3.17. The van der Waals surface area contributed by atoms with Crippen molar-refractivity contribution in [1.82, 2.24) is 10.2 Å². The maximum absolute atomic E-state index is 13.6. The average Bonchev–Trinajstić information content (AvgIpc) is 2.80. The van der Waals surface area contributed by atoms with Gasteiger partial charge in [-0.1, -0.05) is 67.9 Å². The molecule has 0 spiro atoms. The van der Waals surface area contributed by atoms with E-state index in [1.807, 2.05) is 51.1 Å². The third-order valence-electron chi connectivity index (χ3n) is 5.67. The van der Waals surface area contributed by atoms with Crippen molar-refractivity contribution in [1.29, 1.82) is 0 Å². The SMILES string of the molecule is CC[C@@H](C)NC(=O)[C@H](CC)N(CCc1ccccc1)C(=O)CN(c1ccccc1Cl)S(C)(=O)=O. The summed E-state index contributed by atoms with van der Waals surface area (Å²) in [5.74, 6) is -0.714. The fraction of sp³-hybridized carbons (Fsp3) is 0.440. The number of nitrogens with one attached hydrogen (secondary N) is 1. The lowest BCUT2D eigenvalue weighted by Crippen LogP contribution is -2.54. The summed E-state index contributed by atoms with van der Waals surface area (Å²) in [7, 11) is -3.81. The van der Waals surface area contributed by atoms with Gasteiger partial charge in [0.2, 0.25) is 21.8 Å². The third kappa shape index (κ3) is 7.74. The molecule has 0 heterocycles. The van der Waals surface area contributed by atoms with Crippen LogP contribution in [0.3, 0.4) is 0 Å². The fourth-order valence-corrected chi connectivity index (χ4v) is 4.74. The van der Waals surface area contributed by atoms with Gasteiger partial charge in [0.1, 0.15) is 12.6 Å². The summed E-state index contributed by atoms with van der Waals surface area (Å²) in [5.41, 5.74) is 1.24. The predicted molar refractivity (Wildman–Crippen MR) is 137 cm³/mol. The lowest BCUT2D eigenvalue weighted by Gasteiger charge is -2.33. The van der Waals surface area contributed by atoms with Crippen molar-refractivity contribution in [2.75, 3.05) is 23.7 Å². The molecule has 0 unspecified atom stereocenters. The topological polar surface area (TPSA) is 86.8 Å². The first-order valence-electron chi connectivity index (χ1n) is 11.4. The molecule has 2 aromatic carbocycles. The van der Waals surface area contributed by atoms with E-state index < -0.39 is 28.5 Å². The molecule has 7 nitrogen and oxygen atoms in total. The van der Waals surface area contributed by atoms with Gasteiger partial charge in [-0.15, -0.1) is 0 Å². The molecule has 0 aliphatic heterocycles. The molecule has 34 heavy (non-hydrogen) atoms. The molecule has 0 bridgehead atoms. The summed E-state index contributed by atoms with van der Waals surface area (Å²) in [4.78, 5) is 28.1. The standard InChI is InChI=1S/C25H34ClN3O4S/c1-5-19(3)27-25(31)22(6-2)28(17-16-20-12-8-7-9-13-20)24(30)18-29(34(4,32)33)23-15-11-10-14-21(23)26/h7-15,19,22H,5-6,16-18H2,1-4H3,(H,27,31)/t19-,22+/m1/s1. The highest BCUT2D eigenvalue weighted by molar-refractivity contribution is 7.92. The van der Waals surface area contributed by atoms with Gasteiger partial charge in [0.05, 0.1) is 17.0 Å². The number of carbonyl (C=O) groups is 2. The molecule has 0 aliphatic rings. The van der Waals surface area contributed by atoms with Gasteiger partial charge in [0.15, 0.2) is 0 Å². The van der Waals surface area contributed by atoms with Crippen LogP contribution in [0.1, 0.15) is 39.2 Å². The van der Waals surface area contributed by atoms with Gasteiger partial charge in [-0.25, -0.2) is 8.42 Å². The van der Waals surface area contributed by atoms with Gasteiger partial charge in [0, 0.05) is 12.6 Å². The maximum Gasteiger partial charge on any atom is 0.244 e. The largest absolute Gasteiger partial charge is 0.352 e. The van der Waals surface area contributed by atoms with E-state index in [-0.39, 0.29) is 29.2 Å². The zero-order valence-electron chi connectivity index (χ0n) is 20.2. The molecular formula is C25H34ClN3O4S. The number of carbonyl (C=O) groups excluding carboxylic acids is 2. The van der Waals surface area contributed by atoms with Gasteiger partial charge in [-0.3, -0.25) is 13.9 Å². The van der Waals surface area contributed by atoms with Crippen molar-refractivity contribution in [2.45, 2.75) is 52.1 Å². The van der Waals surface area contributed by atoms with Gasteiger partial charge in [-0.05, 0) is 43.9 Å². The van der Waals surface area contributed by atoms with E-state index in [2.05, 4.69) is 5.32 Å². The number of sulfonamides is 1. The summed E-state index contributed by atoms with van der Waals surface area (Å²) < 4.78 is 26.2. The van der Waals surface area contributed by atoms with Crippen molar-refractivity contribution in [3.05, 3.63) is 65.2 Å². The molecule has 2 atom stereocenters. The first-order chi connectivity index (χ1) is 16.1. The number of para-hydroxylation sites is 1. The van der Waals surface area contributed by atoms with Gasteiger partial charge in [0.25, 0.3) is 0 Å². The van der Waals surface area contributed by atoms with Crippen molar-refractivity contribution in [3.8, 4) is 0 Å². The number of anilines is 1. The molecular weight excluding hydrogens is 474 g/mol. The molecule has 0 saturated heterocycles. The van der Waals surface area contributed by atoms with Crippen molar-refractivity contribution >= 4 is 39.1 Å². The van der Waals surface area contributed by atoms with Crippen LogP contribution in [-0.2, 0) is 26.0 Å². The van der Waals surface area contributed by atoms with Crippen LogP contribution < -0.4 is 9.62 Å². The Bertz CT molecular complexity index is 1060. The zero-order valence-corrected chi connectivity index (χ0v) is 21.8. The summed E-state index contributed by atoms with van der Waals surface area (Å²) in [6.07, 6.45) is 2.72. The van der Waals surface area contributed by atoms with Crippen LogP contribution >= 0.6 is 11.6 Å². The quantitative estimate of drug-likeness (QED) is 0.472. The second-order valence-electron chi connectivity index (χ2n) is 8.29. The van der Waals surface area contributed by atoms with Crippen LogP contribution in [0.15, 0.2) is 54.6 Å². The Morgan fingerprint density at radius 1 is 1.00 bits per heavy atom. The molecule has 2 aromatic rings. The second-order valence-corrected chi connectivity index (χ2v) is 10.6. The highest BCUT2D eigenvalue weighted by Gasteiger charge is 2.32. The van der Waals surface area contributed by atoms with Crippen LogP contribution in [0, 0.1) is 0 Å². The van der Waals surface area contributed by atoms with Gasteiger partial charge >= 0.3 is 0 Å². The number of hydrogen-bond donors (Lipinski definition) is 1. The average molecular weight is 508 g/mol. The lowest BCUT2D eigenvalue weighted by molar-refractivity contribution is -0.139. The van der Waals surface area contributed by atoms with Gasteiger partial charge < -0.3 is 10.2 Å². The highest BCUT2D eigenvalue weighted by Crippen LogP contribution is 2.27. The molecule has 186 valence electrons. The first-order valence-corrected chi connectivity index (χ1v) is 13.7. The number of halogens is 1. The first kappa shape index (κ1) is 27.7. The Kier molecular flexibility index (Phi) is 10.4. The molecule has 2 amide bonds.